The first-order valence-electron chi connectivity index (χ1n) is 12.6. The molecule has 1 aromatic carbocycles. The third-order valence-corrected chi connectivity index (χ3v) is 10.2. The molecule has 3 fully saturated rings. The summed E-state index contributed by atoms with van der Waals surface area (Å²) in [6.07, 6.45) is 5.34. The van der Waals surface area contributed by atoms with Crippen molar-refractivity contribution in [3.8, 4) is 11.5 Å². The van der Waals surface area contributed by atoms with Crippen molar-refractivity contribution in [1.82, 2.24) is 4.90 Å². The Hall–Kier alpha value is -1.30. The molecule has 1 aromatic rings. The summed E-state index contributed by atoms with van der Waals surface area (Å²) in [6.45, 7) is 10.7. The van der Waals surface area contributed by atoms with E-state index in [2.05, 4.69) is 31.7 Å². The van der Waals surface area contributed by atoms with Gasteiger partial charge in [0.15, 0.2) is 11.5 Å². The molecule has 2 saturated carbocycles. The van der Waals surface area contributed by atoms with Gasteiger partial charge in [-0.25, -0.2) is 0 Å². The number of phenolic OH excluding ortho intramolecular Hbond substituents is 1. The summed E-state index contributed by atoms with van der Waals surface area (Å²) >= 11 is 0. The fourth-order valence-electron chi connectivity index (χ4n) is 7.82. The first kappa shape index (κ1) is 21.2. The molecule has 7 atom stereocenters. The van der Waals surface area contributed by atoms with Crippen LogP contribution in [0.2, 0.25) is 0 Å². The van der Waals surface area contributed by atoms with E-state index >= 15 is 0 Å². The molecule has 3 aliphatic carbocycles. The van der Waals surface area contributed by atoms with Crippen LogP contribution >= 0.6 is 0 Å². The zero-order valence-electron chi connectivity index (χ0n) is 20.2. The molecule has 5 heteroatoms. The van der Waals surface area contributed by atoms with E-state index in [9.17, 15) is 10.2 Å². The number of aliphatic hydroxyl groups is 1. The van der Waals surface area contributed by atoms with Gasteiger partial charge in [-0.05, 0) is 74.5 Å². The summed E-state index contributed by atoms with van der Waals surface area (Å²) in [6, 6.07) is 4.41. The molecule has 2 heterocycles. The Kier molecular flexibility index (Phi) is 4.41. The highest BCUT2D eigenvalue weighted by Crippen LogP contribution is 2.66. The SMILES string of the molecule is COC1[C@H](C(C)(O)C(C)(C)C)CC2C3Cc4ccc(O)c5c4[C@]2(CCN3CC2CC2)[C@@H]1O5. The van der Waals surface area contributed by atoms with Crippen LogP contribution in [0.15, 0.2) is 12.1 Å². The molecule has 2 aliphatic heterocycles. The maximum absolute atomic E-state index is 11.9. The number of ether oxygens (including phenoxy) is 2. The number of hydrogen-bond acceptors (Lipinski definition) is 5. The number of rotatable bonds is 4. The lowest BCUT2D eigenvalue weighted by Crippen LogP contribution is -2.71. The van der Waals surface area contributed by atoms with E-state index in [0.717, 1.165) is 31.7 Å². The lowest BCUT2D eigenvalue weighted by Gasteiger charge is -2.63. The fraction of sp³-hybridized carbons (Fsp3) is 0.778. The second-order valence-electron chi connectivity index (χ2n) is 12.5. The smallest absolute Gasteiger partial charge is 0.165 e. The van der Waals surface area contributed by atoms with Gasteiger partial charge >= 0.3 is 0 Å². The van der Waals surface area contributed by atoms with Crippen molar-refractivity contribution < 1.29 is 19.7 Å². The maximum atomic E-state index is 11.9. The molecule has 0 aromatic heterocycles. The van der Waals surface area contributed by atoms with E-state index < -0.39 is 5.60 Å². The van der Waals surface area contributed by atoms with Crippen LogP contribution in [0.25, 0.3) is 0 Å². The van der Waals surface area contributed by atoms with Gasteiger partial charge in [-0.15, -0.1) is 0 Å². The third kappa shape index (κ3) is 2.62. The Labute approximate surface area is 192 Å². The molecule has 0 amide bonds. The third-order valence-electron chi connectivity index (χ3n) is 10.2. The normalized spacial score (nSPS) is 39.9. The second kappa shape index (κ2) is 6.64. The number of piperidine rings is 1. The summed E-state index contributed by atoms with van der Waals surface area (Å²) in [7, 11) is 1.77. The van der Waals surface area contributed by atoms with Crippen LogP contribution in [0.5, 0.6) is 11.5 Å². The first-order valence-corrected chi connectivity index (χ1v) is 12.6. The Morgan fingerprint density at radius 3 is 2.62 bits per heavy atom. The Balaban J connectivity index is 1.50. The average molecular weight is 442 g/mol. The number of likely N-dealkylation sites (tertiary alicyclic amines) is 1. The van der Waals surface area contributed by atoms with Crippen LogP contribution < -0.4 is 4.74 Å². The quantitative estimate of drug-likeness (QED) is 0.743. The van der Waals surface area contributed by atoms with Crippen LogP contribution in [-0.2, 0) is 16.6 Å². The number of hydrogen-bond donors (Lipinski definition) is 2. The molecule has 1 spiro atoms. The molecular weight excluding hydrogens is 402 g/mol. The van der Waals surface area contributed by atoms with Gasteiger partial charge in [0.2, 0.25) is 0 Å². The number of nitrogens with zero attached hydrogens (tertiary/aromatic N) is 1. The molecule has 176 valence electrons. The summed E-state index contributed by atoms with van der Waals surface area (Å²) < 4.78 is 12.9. The zero-order valence-corrected chi connectivity index (χ0v) is 20.2. The van der Waals surface area contributed by atoms with Crippen molar-refractivity contribution in [1.29, 1.82) is 0 Å². The minimum atomic E-state index is -0.897. The van der Waals surface area contributed by atoms with Crippen LogP contribution in [0.3, 0.4) is 0 Å². The van der Waals surface area contributed by atoms with E-state index in [1.165, 1.54) is 30.5 Å². The summed E-state index contributed by atoms with van der Waals surface area (Å²) in [5, 5.41) is 22.7. The standard InChI is InChI=1S/C27H39NO4/c1-25(2,3)26(4,30)18-13-17-19-12-16-8-9-20(29)23-21(16)27(17,24(32-23)22(18)31-5)10-11-28(19)14-15-6-7-15/h8-9,15,17-19,22,24,29-30H,6-7,10-14H2,1-5H3/t17?,18-,19?,22?,24-,26?,27-/m1/s1. The Morgan fingerprint density at radius 1 is 1.22 bits per heavy atom. The van der Waals surface area contributed by atoms with Crippen molar-refractivity contribution in [2.75, 3.05) is 20.2 Å². The van der Waals surface area contributed by atoms with Crippen molar-refractivity contribution in [2.45, 2.75) is 89.1 Å². The van der Waals surface area contributed by atoms with E-state index in [0.29, 0.717) is 17.7 Å². The molecule has 2 bridgehead atoms. The molecule has 1 saturated heterocycles. The zero-order chi connectivity index (χ0) is 22.6. The average Bonchev–Trinajstić information content (AvgIpc) is 3.48. The van der Waals surface area contributed by atoms with Crippen molar-refractivity contribution >= 4 is 0 Å². The monoisotopic (exact) mass is 441 g/mol. The number of aromatic hydroxyl groups is 1. The van der Waals surface area contributed by atoms with Gasteiger partial charge in [0.05, 0.1) is 5.60 Å². The number of phenols is 1. The predicted molar refractivity (Wildman–Crippen MR) is 123 cm³/mol. The second-order valence-corrected chi connectivity index (χ2v) is 12.5. The van der Waals surface area contributed by atoms with Crippen molar-refractivity contribution in [3.05, 3.63) is 23.3 Å². The van der Waals surface area contributed by atoms with Gasteiger partial charge in [0, 0.05) is 36.6 Å². The number of benzene rings is 1. The van der Waals surface area contributed by atoms with Gasteiger partial charge < -0.3 is 19.7 Å². The highest BCUT2D eigenvalue weighted by molar-refractivity contribution is 5.61. The molecule has 5 aliphatic rings. The minimum absolute atomic E-state index is 0.0306. The fourth-order valence-corrected chi connectivity index (χ4v) is 7.82. The van der Waals surface area contributed by atoms with E-state index in [1.54, 1.807) is 7.11 Å². The molecule has 32 heavy (non-hydrogen) atoms. The topological polar surface area (TPSA) is 62.2 Å². The first-order chi connectivity index (χ1) is 15.1. The molecule has 6 rings (SSSR count). The van der Waals surface area contributed by atoms with Crippen LogP contribution in [-0.4, -0.2) is 59.2 Å². The lowest BCUT2D eigenvalue weighted by molar-refractivity contribution is -0.206. The van der Waals surface area contributed by atoms with Crippen LogP contribution in [0.1, 0.15) is 64.5 Å². The van der Waals surface area contributed by atoms with E-state index in [1.807, 2.05) is 13.0 Å². The maximum Gasteiger partial charge on any atom is 0.165 e. The lowest BCUT2D eigenvalue weighted by atomic mass is 9.47. The minimum Gasteiger partial charge on any atom is -0.504 e. The van der Waals surface area contributed by atoms with Crippen LogP contribution in [0.4, 0.5) is 0 Å². The van der Waals surface area contributed by atoms with Gasteiger partial charge in [-0.2, -0.15) is 0 Å². The van der Waals surface area contributed by atoms with Crippen molar-refractivity contribution in [2.24, 2.45) is 23.2 Å². The van der Waals surface area contributed by atoms with Gasteiger partial charge in [-0.1, -0.05) is 26.8 Å². The van der Waals surface area contributed by atoms with Gasteiger partial charge in [0.25, 0.3) is 0 Å². The summed E-state index contributed by atoms with van der Waals surface area (Å²) in [5.74, 6) is 2.17. The Bertz CT molecular complexity index is 932. The Morgan fingerprint density at radius 2 is 1.97 bits per heavy atom. The van der Waals surface area contributed by atoms with Gasteiger partial charge in [-0.3, -0.25) is 4.90 Å². The summed E-state index contributed by atoms with van der Waals surface area (Å²) in [5.41, 5.74) is 1.29. The molecule has 0 radical (unpaired) electrons. The largest absolute Gasteiger partial charge is 0.504 e. The number of methoxy groups -OCH3 is 1. The molecular formula is C27H39NO4. The highest BCUT2D eigenvalue weighted by Gasteiger charge is 2.70. The highest BCUT2D eigenvalue weighted by atomic mass is 16.5. The molecule has 5 nitrogen and oxygen atoms in total. The van der Waals surface area contributed by atoms with Crippen molar-refractivity contribution in [3.63, 3.8) is 0 Å². The van der Waals surface area contributed by atoms with Crippen LogP contribution in [0, 0.1) is 23.2 Å². The van der Waals surface area contributed by atoms with Gasteiger partial charge in [0.1, 0.15) is 12.2 Å². The van der Waals surface area contributed by atoms with E-state index in [4.69, 9.17) is 9.47 Å². The predicted octanol–water partition coefficient (Wildman–Crippen LogP) is 3.88. The summed E-state index contributed by atoms with van der Waals surface area (Å²) in [4.78, 5) is 2.76. The molecule has 4 unspecified atom stereocenters. The van der Waals surface area contributed by atoms with E-state index in [-0.39, 0.29) is 34.7 Å². The molecule has 2 N–H and O–H groups in total.